The minimum absolute atomic E-state index is 0.150. The number of rotatable bonds is 10. The van der Waals surface area contributed by atoms with Crippen molar-refractivity contribution in [3.05, 3.63) is 64.2 Å². The van der Waals surface area contributed by atoms with Crippen LogP contribution in [0.5, 0.6) is 5.75 Å². The fourth-order valence-corrected chi connectivity index (χ4v) is 3.45. The van der Waals surface area contributed by atoms with Crippen molar-refractivity contribution in [3.63, 3.8) is 0 Å². The van der Waals surface area contributed by atoms with Gasteiger partial charge in [-0.3, -0.25) is 9.59 Å². The van der Waals surface area contributed by atoms with Crippen molar-refractivity contribution in [1.29, 1.82) is 0 Å². The maximum absolute atomic E-state index is 13.2. The number of amides is 2. The van der Waals surface area contributed by atoms with E-state index in [2.05, 4.69) is 5.32 Å². The number of nitrogens with one attached hydrogen (secondary N) is 1. The summed E-state index contributed by atoms with van der Waals surface area (Å²) in [5.74, 6) is 0.570. The highest BCUT2D eigenvalue weighted by molar-refractivity contribution is 6.31. The van der Waals surface area contributed by atoms with Gasteiger partial charge in [0.15, 0.2) is 6.61 Å². The van der Waals surface area contributed by atoms with Crippen molar-refractivity contribution in [1.82, 2.24) is 10.2 Å². The molecule has 2 aromatic rings. The van der Waals surface area contributed by atoms with Crippen LogP contribution in [0.25, 0.3) is 0 Å². The van der Waals surface area contributed by atoms with Crippen LogP contribution in [0.3, 0.4) is 0 Å². The van der Waals surface area contributed by atoms with E-state index in [1.807, 2.05) is 71.0 Å². The van der Waals surface area contributed by atoms with Crippen LogP contribution >= 0.6 is 11.6 Å². The van der Waals surface area contributed by atoms with Crippen LogP contribution in [-0.4, -0.2) is 35.9 Å². The summed E-state index contributed by atoms with van der Waals surface area (Å²) in [7, 11) is 0. The molecule has 0 saturated carbocycles. The van der Waals surface area contributed by atoms with E-state index < -0.39 is 6.04 Å². The topological polar surface area (TPSA) is 58.6 Å². The summed E-state index contributed by atoms with van der Waals surface area (Å²) < 4.78 is 5.85. The minimum Gasteiger partial charge on any atom is -0.483 e. The van der Waals surface area contributed by atoms with Gasteiger partial charge in [0.1, 0.15) is 11.8 Å². The molecule has 0 spiro atoms. The van der Waals surface area contributed by atoms with Crippen LogP contribution < -0.4 is 10.1 Å². The van der Waals surface area contributed by atoms with Crippen molar-refractivity contribution in [2.45, 2.75) is 53.6 Å². The predicted molar refractivity (Wildman–Crippen MR) is 125 cm³/mol. The average Bonchev–Trinajstić information content (AvgIpc) is 2.74. The highest BCUT2D eigenvalue weighted by Gasteiger charge is 2.29. The Morgan fingerprint density at radius 1 is 1.10 bits per heavy atom. The molecule has 0 aromatic heterocycles. The van der Waals surface area contributed by atoms with Gasteiger partial charge in [0.2, 0.25) is 5.91 Å². The van der Waals surface area contributed by atoms with Gasteiger partial charge in [0.05, 0.1) is 0 Å². The lowest BCUT2D eigenvalue weighted by molar-refractivity contribution is -0.143. The van der Waals surface area contributed by atoms with Gasteiger partial charge in [-0.25, -0.2) is 0 Å². The maximum Gasteiger partial charge on any atom is 0.261 e. The molecule has 0 aliphatic rings. The van der Waals surface area contributed by atoms with E-state index in [-0.39, 0.29) is 25.0 Å². The van der Waals surface area contributed by atoms with Crippen LogP contribution in [0.1, 0.15) is 43.9 Å². The molecule has 0 radical (unpaired) electrons. The molecule has 0 aliphatic heterocycles. The van der Waals surface area contributed by atoms with E-state index in [1.54, 1.807) is 11.0 Å². The lowest BCUT2D eigenvalue weighted by Crippen LogP contribution is -2.50. The molecule has 1 N–H and O–H groups in total. The lowest BCUT2D eigenvalue weighted by Gasteiger charge is -2.31. The molecule has 168 valence electrons. The highest BCUT2D eigenvalue weighted by Crippen LogP contribution is 2.22. The van der Waals surface area contributed by atoms with Gasteiger partial charge in [-0.15, -0.1) is 0 Å². The molecule has 1 atom stereocenters. The Morgan fingerprint density at radius 3 is 2.45 bits per heavy atom. The second-order valence-electron chi connectivity index (χ2n) is 8.16. The summed E-state index contributed by atoms with van der Waals surface area (Å²) in [6.45, 7) is 10.6. The van der Waals surface area contributed by atoms with Crippen LogP contribution in [0, 0.1) is 19.8 Å². The second-order valence-corrected chi connectivity index (χ2v) is 8.57. The zero-order valence-corrected chi connectivity index (χ0v) is 19.8. The summed E-state index contributed by atoms with van der Waals surface area (Å²) in [5.41, 5.74) is 2.88. The first-order valence-corrected chi connectivity index (χ1v) is 11.1. The molecule has 31 heavy (non-hydrogen) atoms. The van der Waals surface area contributed by atoms with Crippen molar-refractivity contribution in [2.75, 3.05) is 13.2 Å². The van der Waals surface area contributed by atoms with Gasteiger partial charge in [0, 0.05) is 18.1 Å². The van der Waals surface area contributed by atoms with Gasteiger partial charge >= 0.3 is 0 Å². The van der Waals surface area contributed by atoms with Crippen molar-refractivity contribution in [2.24, 2.45) is 5.92 Å². The molecule has 0 heterocycles. The van der Waals surface area contributed by atoms with Crippen LogP contribution in [0.15, 0.2) is 42.5 Å². The SMILES string of the molecule is CC[C@H](C(=O)NCC(C)C)N(Cc1ccccc1Cl)C(=O)COc1cccc(C)c1C. The van der Waals surface area contributed by atoms with Gasteiger partial charge < -0.3 is 15.0 Å². The highest BCUT2D eigenvalue weighted by atomic mass is 35.5. The maximum atomic E-state index is 13.2. The molecule has 0 fully saturated rings. The minimum atomic E-state index is -0.607. The Labute approximate surface area is 190 Å². The number of ether oxygens (including phenoxy) is 1. The number of carbonyl (C=O) groups excluding carboxylic acids is 2. The molecule has 2 amide bonds. The normalized spacial score (nSPS) is 11.8. The van der Waals surface area contributed by atoms with E-state index in [9.17, 15) is 9.59 Å². The molecular formula is C25H33ClN2O3. The van der Waals surface area contributed by atoms with Crippen LogP contribution in [-0.2, 0) is 16.1 Å². The number of aryl methyl sites for hydroxylation is 1. The Balaban J connectivity index is 2.24. The van der Waals surface area contributed by atoms with Gasteiger partial charge in [-0.05, 0) is 55.0 Å². The third-order valence-electron chi connectivity index (χ3n) is 5.28. The number of halogens is 1. The number of benzene rings is 2. The first-order valence-electron chi connectivity index (χ1n) is 10.7. The summed E-state index contributed by atoms with van der Waals surface area (Å²) in [4.78, 5) is 27.7. The summed E-state index contributed by atoms with van der Waals surface area (Å²) >= 11 is 6.34. The average molecular weight is 445 g/mol. The van der Waals surface area contributed by atoms with Crippen molar-refractivity contribution in [3.8, 4) is 5.75 Å². The van der Waals surface area contributed by atoms with Gasteiger partial charge in [-0.1, -0.05) is 62.7 Å². The van der Waals surface area contributed by atoms with E-state index >= 15 is 0 Å². The number of hydrogen-bond donors (Lipinski definition) is 1. The van der Waals surface area contributed by atoms with Gasteiger partial charge in [0.25, 0.3) is 5.91 Å². The van der Waals surface area contributed by atoms with Crippen molar-refractivity contribution < 1.29 is 14.3 Å². The molecule has 2 rings (SSSR count). The van der Waals surface area contributed by atoms with Crippen LogP contribution in [0.2, 0.25) is 5.02 Å². The third kappa shape index (κ3) is 7.00. The third-order valence-corrected chi connectivity index (χ3v) is 5.64. The van der Waals surface area contributed by atoms with E-state index in [4.69, 9.17) is 16.3 Å². The first kappa shape index (κ1) is 24.7. The van der Waals surface area contributed by atoms with Crippen LogP contribution in [0.4, 0.5) is 0 Å². The zero-order chi connectivity index (χ0) is 23.0. The molecular weight excluding hydrogens is 412 g/mol. The molecule has 0 aliphatic carbocycles. The molecule has 0 bridgehead atoms. The molecule has 2 aromatic carbocycles. The Hall–Kier alpha value is -2.53. The van der Waals surface area contributed by atoms with E-state index in [0.29, 0.717) is 29.7 Å². The molecule has 5 nitrogen and oxygen atoms in total. The lowest BCUT2D eigenvalue weighted by atomic mass is 10.1. The fraction of sp³-hybridized carbons (Fsp3) is 0.440. The Morgan fingerprint density at radius 2 is 1.81 bits per heavy atom. The quantitative estimate of drug-likeness (QED) is 0.566. The predicted octanol–water partition coefficient (Wildman–Crippen LogP) is 4.92. The zero-order valence-electron chi connectivity index (χ0n) is 19.1. The summed E-state index contributed by atoms with van der Waals surface area (Å²) in [6, 6.07) is 12.5. The monoisotopic (exact) mass is 444 g/mol. The Bertz CT molecular complexity index is 898. The molecule has 0 saturated heterocycles. The smallest absolute Gasteiger partial charge is 0.261 e. The Kier molecular flexibility index (Phi) is 9.38. The standard InChI is InChI=1S/C25H33ClN2O3/c1-6-22(25(30)27-14-17(2)3)28(15-20-11-7-8-12-21(20)26)24(29)16-31-23-13-9-10-18(4)19(23)5/h7-13,17,22H,6,14-16H2,1-5H3,(H,27,30)/t22-/m1/s1. The second kappa shape index (κ2) is 11.8. The van der Waals surface area contributed by atoms with E-state index in [0.717, 1.165) is 16.7 Å². The molecule has 0 unspecified atom stereocenters. The largest absolute Gasteiger partial charge is 0.483 e. The van der Waals surface area contributed by atoms with Gasteiger partial charge in [-0.2, -0.15) is 0 Å². The van der Waals surface area contributed by atoms with Crippen molar-refractivity contribution >= 4 is 23.4 Å². The first-order chi connectivity index (χ1) is 14.7. The number of carbonyl (C=O) groups is 2. The molecule has 6 heteroatoms. The summed E-state index contributed by atoms with van der Waals surface area (Å²) in [5, 5.41) is 3.52. The fourth-order valence-electron chi connectivity index (χ4n) is 3.26. The number of hydrogen-bond acceptors (Lipinski definition) is 3. The summed E-state index contributed by atoms with van der Waals surface area (Å²) in [6.07, 6.45) is 0.490. The number of nitrogens with zero attached hydrogens (tertiary/aromatic N) is 1. The van der Waals surface area contributed by atoms with E-state index in [1.165, 1.54) is 0 Å².